The molecule has 2 aromatic carbocycles. The number of nitrogens with one attached hydrogen (secondary N) is 2. The van der Waals surface area contributed by atoms with E-state index in [9.17, 15) is 9.59 Å². The molecular weight excluding hydrogens is 429 g/mol. The van der Waals surface area contributed by atoms with Gasteiger partial charge in [-0.2, -0.15) is 0 Å². The molecule has 1 atom stereocenters. The third kappa shape index (κ3) is 5.17. The summed E-state index contributed by atoms with van der Waals surface area (Å²) in [4.78, 5) is 28.9. The molecule has 1 saturated heterocycles. The monoisotopic (exact) mass is 441 g/mol. The van der Waals surface area contributed by atoms with Crippen LogP contribution in [0.1, 0.15) is 12.0 Å². The van der Waals surface area contributed by atoms with Gasteiger partial charge in [0.15, 0.2) is 5.17 Å². The van der Waals surface area contributed by atoms with E-state index in [-0.39, 0.29) is 18.2 Å². The minimum atomic E-state index is -0.611. The number of carbonyl (C=O) groups excluding carboxylic acids is 2. The number of hydrogen-bond acceptors (Lipinski definition) is 4. The molecule has 2 aromatic rings. The fourth-order valence-electron chi connectivity index (χ4n) is 2.31. The van der Waals surface area contributed by atoms with Crippen LogP contribution in [-0.2, 0) is 9.59 Å². The van der Waals surface area contributed by atoms with Crippen molar-refractivity contribution in [2.75, 3.05) is 5.32 Å². The fourth-order valence-corrected chi connectivity index (χ4v) is 3.78. The Kier molecular flexibility index (Phi) is 6.32. The van der Waals surface area contributed by atoms with Crippen LogP contribution in [-0.4, -0.2) is 22.2 Å². The summed E-state index contributed by atoms with van der Waals surface area (Å²) in [6.45, 7) is 1.88. The fraction of sp³-hybridized carbons (Fsp3) is 0.167. The van der Waals surface area contributed by atoms with Crippen molar-refractivity contribution in [3.8, 4) is 0 Å². The third-order valence-corrected chi connectivity index (χ3v) is 5.96. The number of thioether (sulfide) groups is 1. The largest absolute Gasteiger partial charge is 0.325 e. The van der Waals surface area contributed by atoms with E-state index in [0.29, 0.717) is 31.6 Å². The molecule has 1 fully saturated rings. The van der Waals surface area contributed by atoms with Gasteiger partial charge in [0.1, 0.15) is 5.25 Å². The average molecular weight is 443 g/mol. The summed E-state index contributed by atoms with van der Waals surface area (Å²) in [5.41, 5.74) is 2.01. The lowest BCUT2D eigenvalue weighted by atomic mass is 10.2. The average Bonchev–Trinajstić information content (AvgIpc) is 2.61. The van der Waals surface area contributed by atoms with Gasteiger partial charge in [-0.1, -0.05) is 52.6 Å². The molecular formula is C18H14Cl3N3O2S. The minimum Gasteiger partial charge on any atom is -0.325 e. The number of benzene rings is 2. The summed E-state index contributed by atoms with van der Waals surface area (Å²) in [7, 11) is 0. The highest BCUT2D eigenvalue weighted by molar-refractivity contribution is 8.15. The van der Waals surface area contributed by atoms with E-state index >= 15 is 0 Å². The summed E-state index contributed by atoms with van der Waals surface area (Å²) in [6, 6.07) is 10.1. The molecule has 0 bridgehead atoms. The molecule has 1 aliphatic heterocycles. The number of aliphatic imine (C=N–C) groups is 1. The van der Waals surface area contributed by atoms with E-state index in [1.807, 2.05) is 13.0 Å². The minimum absolute atomic E-state index is 0.0521. The van der Waals surface area contributed by atoms with E-state index in [1.54, 1.807) is 30.3 Å². The van der Waals surface area contributed by atoms with E-state index in [2.05, 4.69) is 15.6 Å². The molecule has 1 aliphatic rings. The Bertz CT molecular complexity index is 949. The zero-order chi connectivity index (χ0) is 19.6. The van der Waals surface area contributed by atoms with Crippen LogP contribution in [0, 0.1) is 6.92 Å². The smallest absolute Gasteiger partial charge is 0.238 e. The molecule has 9 heteroatoms. The number of amidine groups is 1. The molecule has 27 heavy (non-hydrogen) atoms. The van der Waals surface area contributed by atoms with Crippen molar-refractivity contribution in [1.82, 2.24) is 5.32 Å². The second kappa shape index (κ2) is 8.52. The van der Waals surface area contributed by atoms with Gasteiger partial charge in [-0.25, -0.2) is 4.99 Å². The number of nitrogens with zero attached hydrogens (tertiary/aromatic N) is 1. The molecule has 5 nitrogen and oxygen atoms in total. The van der Waals surface area contributed by atoms with Gasteiger partial charge in [-0.3, -0.25) is 9.59 Å². The molecule has 0 spiro atoms. The second-order valence-corrected chi connectivity index (χ2v) is 8.24. The lowest BCUT2D eigenvalue weighted by molar-refractivity contribution is -0.123. The van der Waals surface area contributed by atoms with Gasteiger partial charge < -0.3 is 10.6 Å². The Morgan fingerprint density at radius 3 is 2.63 bits per heavy atom. The van der Waals surface area contributed by atoms with Crippen molar-refractivity contribution >= 4 is 74.9 Å². The predicted molar refractivity (Wildman–Crippen MR) is 113 cm³/mol. The number of amides is 2. The Hall–Kier alpha value is -1.73. The molecule has 0 aliphatic carbocycles. The summed E-state index contributed by atoms with van der Waals surface area (Å²) in [6.07, 6.45) is 0.0521. The Morgan fingerprint density at radius 2 is 1.93 bits per heavy atom. The summed E-state index contributed by atoms with van der Waals surface area (Å²) >= 11 is 19.1. The van der Waals surface area contributed by atoms with Crippen molar-refractivity contribution in [3.63, 3.8) is 0 Å². The van der Waals surface area contributed by atoms with E-state index in [4.69, 9.17) is 34.8 Å². The quantitative estimate of drug-likeness (QED) is 0.686. The molecule has 0 unspecified atom stereocenters. The summed E-state index contributed by atoms with van der Waals surface area (Å²) in [5.74, 6) is -0.578. The number of hydrogen-bond donors (Lipinski definition) is 2. The number of carbonyl (C=O) groups is 2. The third-order valence-electron chi connectivity index (χ3n) is 3.74. The van der Waals surface area contributed by atoms with Crippen LogP contribution in [0.3, 0.4) is 0 Å². The summed E-state index contributed by atoms with van der Waals surface area (Å²) < 4.78 is 0. The van der Waals surface area contributed by atoms with Crippen LogP contribution in [0.4, 0.5) is 11.4 Å². The summed E-state index contributed by atoms with van der Waals surface area (Å²) in [5, 5.41) is 6.49. The molecule has 1 heterocycles. The van der Waals surface area contributed by atoms with E-state index < -0.39 is 5.25 Å². The highest BCUT2D eigenvalue weighted by atomic mass is 35.5. The van der Waals surface area contributed by atoms with Crippen LogP contribution < -0.4 is 10.6 Å². The zero-order valence-corrected chi connectivity index (χ0v) is 17.1. The van der Waals surface area contributed by atoms with Gasteiger partial charge in [-0.15, -0.1) is 0 Å². The number of halogens is 3. The first-order valence-corrected chi connectivity index (χ1v) is 9.90. The van der Waals surface area contributed by atoms with Crippen molar-refractivity contribution < 1.29 is 9.59 Å². The first-order chi connectivity index (χ1) is 12.8. The van der Waals surface area contributed by atoms with Crippen molar-refractivity contribution in [3.05, 3.63) is 57.0 Å². The molecule has 0 aromatic heterocycles. The van der Waals surface area contributed by atoms with E-state index in [0.717, 1.165) is 5.56 Å². The second-order valence-electron chi connectivity index (χ2n) is 5.83. The molecule has 3 rings (SSSR count). The van der Waals surface area contributed by atoms with Crippen LogP contribution in [0.25, 0.3) is 0 Å². The normalized spacial score (nSPS) is 18.3. The highest BCUT2D eigenvalue weighted by Gasteiger charge is 2.30. The van der Waals surface area contributed by atoms with Gasteiger partial charge in [-0.05, 0) is 42.8 Å². The van der Waals surface area contributed by atoms with Crippen molar-refractivity contribution in [2.45, 2.75) is 18.6 Å². The molecule has 2 N–H and O–H groups in total. The van der Waals surface area contributed by atoms with E-state index in [1.165, 1.54) is 11.8 Å². The molecule has 140 valence electrons. The number of anilines is 1. The van der Waals surface area contributed by atoms with Crippen molar-refractivity contribution in [1.29, 1.82) is 0 Å². The highest BCUT2D eigenvalue weighted by Crippen LogP contribution is 2.29. The maximum Gasteiger partial charge on any atom is 0.238 e. The molecule has 2 amide bonds. The maximum absolute atomic E-state index is 12.6. The van der Waals surface area contributed by atoms with Gasteiger partial charge in [0.2, 0.25) is 11.8 Å². The molecule has 0 radical (unpaired) electrons. The SMILES string of the molecule is Cc1ccc(NC(=O)[C@@H]2CC(=O)NC(=Nc3ccc(Cl)c(Cl)c3)S2)cc1Cl. The Morgan fingerprint density at radius 1 is 1.15 bits per heavy atom. The Balaban J connectivity index is 1.74. The Labute approximate surface area is 175 Å². The number of aryl methyl sites for hydroxylation is 1. The lowest BCUT2D eigenvalue weighted by Crippen LogP contribution is -2.41. The van der Waals surface area contributed by atoms with Crippen LogP contribution in [0.5, 0.6) is 0 Å². The van der Waals surface area contributed by atoms with Crippen LogP contribution in [0.15, 0.2) is 41.4 Å². The topological polar surface area (TPSA) is 70.6 Å². The lowest BCUT2D eigenvalue weighted by Gasteiger charge is -2.22. The first-order valence-electron chi connectivity index (χ1n) is 7.89. The van der Waals surface area contributed by atoms with Crippen LogP contribution in [0.2, 0.25) is 15.1 Å². The molecule has 0 saturated carbocycles. The van der Waals surface area contributed by atoms with Crippen LogP contribution >= 0.6 is 46.6 Å². The van der Waals surface area contributed by atoms with Gasteiger partial charge >= 0.3 is 0 Å². The van der Waals surface area contributed by atoms with Gasteiger partial charge in [0, 0.05) is 17.1 Å². The van der Waals surface area contributed by atoms with Crippen molar-refractivity contribution in [2.24, 2.45) is 4.99 Å². The first kappa shape index (κ1) is 20.0. The predicted octanol–water partition coefficient (Wildman–Crippen LogP) is 5.20. The maximum atomic E-state index is 12.6. The van der Waals surface area contributed by atoms with Gasteiger partial charge in [0.25, 0.3) is 0 Å². The zero-order valence-electron chi connectivity index (χ0n) is 14.1. The van der Waals surface area contributed by atoms with Gasteiger partial charge in [0.05, 0.1) is 15.7 Å². The standard InChI is InChI=1S/C18H14Cl3N3O2S/c1-9-2-3-10(6-13(9)20)22-17(26)15-8-16(25)24-18(27-15)23-11-4-5-12(19)14(21)7-11/h2-7,15H,8H2,1H3,(H,22,26)(H,23,24,25)/t15-/m0/s1. The number of rotatable bonds is 3.